The van der Waals surface area contributed by atoms with Crippen LogP contribution in [0.4, 0.5) is 0 Å². The smallest absolute Gasteiger partial charge is 0.124 e. The minimum Gasteiger partial charge on any atom is -0.507 e. The van der Waals surface area contributed by atoms with E-state index in [1.54, 1.807) is 0 Å². The highest BCUT2D eigenvalue weighted by molar-refractivity contribution is 5.60. The summed E-state index contributed by atoms with van der Waals surface area (Å²) in [6.45, 7) is 20.4. The predicted molar refractivity (Wildman–Crippen MR) is 239 cm³/mol. The molecular weight excluding hydrogens is 733 g/mol. The largest absolute Gasteiger partial charge is 0.507 e. The van der Waals surface area contributed by atoms with Crippen molar-refractivity contribution in [1.82, 2.24) is 29.8 Å². The van der Waals surface area contributed by atoms with Gasteiger partial charge in [0.15, 0.2) is 0 Å². The third-order valence-corrected chi connectivity index (χ3v) is 14.5. The maximum atomic E-state index is 12.2. The number of likely N-dealkylation sites (tertiary alicyclic amines) is 5. The Morgan fingerprint density at radius 3 is 0.966 bits per heavy atom. The zero-order chi connectivity index (χ0) is 40.8. The van der Waals surface area contributed by atoms with Gasteiger partial charge in [-0.25, -0.2) is 0 Å². The number of hydrogen-bond donors (Lipinski definition) is 4. The number of aromatic hydroxyl groups is 3. The molecule has 0 aliphatic carbocycles. The second kappa shape index (κ2) is 19.7. The summed E-state index contributed by atoms with van der Waals surface area (Å²) in [5, 5.41) is 40.1. The van der Waals surface area contributed by atoms with E-state index in [-0.39, 0.29) is 0 Å². The first-order chi connectivity index (χ1) is 28.8. The molecule has 5 fully saturated rings. The monoisotopic (exact) mass is 807 g/mol. The van der Waals surface area contributed by atoms with Gasteiger partial charge in [0.25, 0.3) is 0 Å². The van der Waals surface area contributed by atoms with Crippen LogP contribution in [0.25, 0.3) is 0 Å². The Morgan fingerprint density at radius 2 is 0.695 bits per heavy atom. The minimum absolute atomic E-state index is 0.414. The summed E-state index contributed by atoms with van der Waals surface area (Å²) in [6.07, 6.45) is 14.2. The van der Waals surface area contributed by atoms with E-state index in [2.05, 4.69) is 80.1 Å². The number of unbranched alkanes of at least 4 members (excludes halogenated alkanes) is 1. The highest BCUT2D eigenvalue weighted by Crippen LogP contribution is 2.46. The molecule has 0 atom stereocenters. The molecule has 0 saturated carbocycles. The number of nitrogens with one attached hydrogen (secondary N) is 1. The number of rotatable bonds is 18. The number of benzene rings is 3. The molecule has 5 heterocycles. The topological polar surface area (TPSA) is 88.9 Å². The van der Waals surface area contributed by atoms with Crippen molar-refractivity contribution in [2.24, 2.45) is 0 Å². The quantitative estimate of drug-likeness (QED) is 0.0755. The molecule has 3 aromatic rings. The van der Waals surface area contributed by atoms with E-state index in [9.17, 15) is 15.3 Å². The summed E-state index contributed by atoms with van der Waals surface area (Å²) < 4.78 is 0. The van der Waals surface area contributed by atoms with Gasteiger partial charge in [-0.1, -0.05) is 13.3 Å². The van der Waals surface area contributed by atoms with Gasteiger partial charge in [-0.15, -0.1) is 0 Å². The van der Waals surface area contributed by atoms with Crippen LogP contribution >= 0.6 is 0 Å². The number of nitrogens with zero attached hydrogens (tertiary/aromatic N) is 5. The van der Waals surface area contributed by atoms with Crippen molar-refractivity contribution in [3.63, 3.8) is 0 Å². The van der Waals surface area contributed by atoms with Crippen LogP contribution in [0.2, 0.25) is 0 Å². The first-order valence-electron chi connectivity index (χ1n) is 23.7. The van der Waals surface area contributed by atoms with Gasteiger partial charge in [-0.05, 0) is 203 Å². The second-order valence-corrected chi connectivity index (χ2v) is 19.0. The fourth-order valence-corrected chi connectivity index (χ4v) is 10.8. The molecule has 8 rings (SSSR count). The Balaban J connectivity index is 1.33. The lowest BCUT2D eigenvalue weighted by molar-refractivity contribution is 0.311. The van der Waals surface area contributed by atoms with Crippen LogP contribution in [0.1, 0.15) is 141 Å². The molecule has 5 aliphatic rings. The van der Waals surface area contributed by atoms with Crippen LogP contribution in [0.3, 0.4) is 0 Å². The zero-order valence-corrected chi connectivity index (χ0v) is 36.5. The average molecular weight is 807 g/mol. The van der Waals surface area contributed by atoms with E-state index >= 15 is 0 Å². The van der Waals surface area contributed by atoms with Crippen LogP contribution in [0.15, 0.2) is 36.4 Å². The standard InChI is InChI=1S/C50H74N6O3/c1-3-4-15-51-32-38-26-44(27-39(47(38)57)33-52-16-5-6-17-52)50(2,45-28-40(34-53-18-7-8-19-53)48(58)41(29-45)35-54-20-9-10-21-54)46-30-42(36-55-22-11-12-23-55)49(59)43(31-46)37-56-24-13-14-25-56/h26-31,51,57-59H,3-25,32-37H2,1-2H3. The minimum atomic E-state index is -0.661. The molecule has 5 saturated heterocycles. The molecule has 0 amide bonds. The molecule has 59 heavy (non-hydrogen) atoms. The molecule has 322 valence electrons. The van der Waals surface area contributed by atoms with E-state index in [0.29, 0.717) is 23.8 Å². The first kappa shape index (κ1) is 42.5. The molecule has 5 aliphatic heterocycles. The summed E-state index contributed by atoms with van der Waals surface area (Å²) in [5.41, 5.74) is 8.82. The fourth-order valence-electron chi connectivity index (χ4n) is 10.8. The van der Waals surface area contributed by atoms with E-state index < -0.39 is 5.41 Å². The molecule has 3 aromatic carbocycles. The summed E-state index contributed by atoms with van der Waals surface area (Å²) in [6, 6.07) is 13.9. The van der Waals surface area contributed by atoms with Crippen molar-refractivity contribution in [3.05, 3.63) is 86.5 Å². The highest BCUT2D eigenvalue weighted by Gasteiger charge is 2.37. The molecule has 4 N–H and O–H groups in total. The molecule has 0 aromatic heterocycles. The first-order valence-corrected chi connectivity index (χ1v) is 23.7. The van der Waals surface area contributed by atoms with Gasteiger partial charge >= 0.3 is 0 Å². The van der Waals surface area contributed by atoms with Gasteiger partial charge in [0.2, 0.25) is 0 Å². The number of hydrogen-bond acceptors (Lipinski definition) is 9. The van der Waals surface area contributed by atoms with Crippen molar-refractivity contribution in [3.8, 4) is 17.2 Å². The van der Waals surface area contributed by atoms with Crippen LogP contribution in [-0.2, 0) is 44.7 Å². The Hall–Kier alpha value is -3.18. The second-order valence-electron chi connectivity index (χ2n) is 19.0. The molecule has 9 heteroatoms. The maximum absolute atomic E-state index is 12.2. The van der Waals surface area contributed by atoms with Crippen molar-refractivity contribution in [1.29, 1.82) is 0 Å². The summed E-state index contributed by atoms with van der Waals surface area (Å²) in [4.78, 5) is 12.5. The molecular formula is C50H74N6O3. The van der Waals surface area contributed by atoms with Crippen molar-refractivity contribution in [2.75, 3.05) is 72.0 Å². The van der Waals surface area contributed by atoms with E-state index in [4.69, 9.17) is 0 Å². The lowest BCUT2D eigenvalue weighted by Gasteiger charge is -2.36. The number of phenols is 3. The van der Waals surface area contributed by atoms with Gasteiger partial charge < -0.3 is 20.6 Å². The summed E-state index contributed by atoms with van der Waals surface area (Å²) in [7, 11) is 0. The summed E-state index contributed by atoms with van der Waals surface area (Å²) in [5.74, 6) is 1.31. The van der Waals surface area contributed by atoms with Crippen LogP contribution in [0.5, 0.6) is 17.2 Å². The molecule has 9 nitrogen and oxygen atoms in total. The van der Waals surface area contributed by atoms with Crippen molar-refractivity contribution < 1.29 is 15.3 Å². The predicted octanol–water partition coefficient (Wildman–Crippen LogP) is 8.03. The lowest BCUT2D eigenvalue weighted by atomic mass is 9.68. The van der Waals surface area contributed by atoms with Crippen LogP contribution < -0.4 is 5.32 Å². The van der Waals surface area contributed by atoms with E-state index in [1.165, 1.54) is 75.3 Å². The van der Waals surface area contributed by atoms with E-state index in [1.807, 2.05) is 0 Å². The third-order valence-electron chi connectivity index (χ3n) is 14.5. The molecule has 0 spiro atoms. The Kier molecular flexibility index (Phi) is 14.2. The maximum Gasteiger partial charge on any atom is 0.124 e. The molecule has 0 unspecified atom stereocenters. The normalized spacial score (nSPS) is 20.2. The van der Waals surface area contributed by atoms with Crippen molar-refractivity contribution >= 4 is 0 Å². The Morgan fingerprint density at radius 1 is 0.441 bits per heavy atom. The Bertz CT molecular complexity index is 1680. The Labute approximate surface area is 355 Å². The van der Waals surface area contributed by atoms with Gasteiger partial charge in [0, 0.05) is 78.1 Å². The third kappa shape index (κ3) is 9.98. The molecule has 0 radical (unpaired) electrons. The van der Waals surface area contributed by atoms with Gasteiger partial charge in [-0.2, -0.15) is 0 Å². The van der Waals surface area contributed by atoms with E-state index in [0.717, 1.165) is 157 Å². The highest BCUT2D eigenvalue weighted by atomic mass is 16.3. The van der Waals surface area contributed by atoms with Crippen LogP contribution in [0, 0.1) is 0 Å². The SMILES string of the molecule is CCCCNCc1cc(C(C)(c2cc(CN3CCCC3)c(O)c(CN3CCCC3)c2)c2cc(CN3CCCC3)c(O)c(CN3CCCC3)c2)cc(CN2CCCC2)c1O. The van der Waals surface area contributed by atoms with Crippen molar-refractivity contribution in [2.45, 2.75) is 136 Å². The summed E-state index contributed by atoms with van der Waals surface area (Å²) >= 11 is 0. The fraction of sp³-hybridized carbons (Fsp3) is 0.640. The van der Waals surface area contributed by atoms with Crippen LogP contribution in [-0.4, -0.2) is 112 Å². The number of phenolic OH excluding ortho intramolecular Hbond substituents is 3. The lowest BCUT2D eigenvalue weighted by Crippen LogP contribution is -2.30. The van der Waals surface area contributed by atoms with Gasteiger partial charge in [0.05, 0.1) is 0 Å². The average Bonchev–Trinajstić information content (AvgIpc) is 4.09. The zero-order valence-electron chi connectivity index (χ0n) is 36.5. The van der Waals surface area contributed by atoms with Gasteiger partial charge in [0.1, 0.15) is 17.2 Å². The molecule has 0 bridgehead atoms. The van der Waals surface area contributed by atoms with Gasteiger partial charge in [-0.3, -0.25) is 24.5 Å².